The van der Waals surface area contributed by atoms with Gasteiger partial charge in [-0.15, -0.1) is 0 Å². The molecule has 1 N–H and O–H groups in total. The average molecular weight is 327 g/mol. The van der Waals surface area contributed by atoms with Gasteiger partial charge in [-0.1, -0.05) is 25.5 Å². The molecule has 1 rings (SSSR count). The van der Waals surface area contributed by atoms with Crippen molar-refractivity contribution in [3.63, 3.8) is 0 Å². The summed E-state index contributed by atoms with van der Waals surface area (Å²) in [6, 6.07) is 5.81. The summed E-state index contributed by atoms with van der Waals surface area (Å²) in [5.74, 6) is -0.00452. The molecule has 0 bridgehead atoms. The van der Waals surface area contributed by atoms with Crippen molar-refractivity contribution in [2.24, 2.45) is 0 Å². The topological polar surface area (TPSA) is 32.3 Å². The van der Waals surface area contributed by atoms with E-state index in [2.05, 4.69) is 40.0 Å². The molecule has 1 amide bonds. The first-order valence-corrected chi connectivity index (χ1v) is 7.64. The van der Waals surface area contributed by atoms with Crippen LogP contribution in [0.1, 0.15) is 36.2 Å². The zero-order chi connectivity index (χ0) is 14.3. The fraction of sp³-hybridized carbons (Fsp3) is 0.533. The number of aryl methyl sites for hydroxylation is 1. The minimum atomic E-state index is -0.00452. The van der Waals surface area contributed by atoms with E-state index in [-0.39, 0.29) is 5.91 Å². The fourth-order valence-electron chi connectivity index (χ4n) is 1.95. The molecule has 0 atom stereocenters. The summed E-state index contributed by atoms with van der Waals surface area (Å²) in [6.45, 7) is 10.2. The van der Waals surface area contributed by atoms with Gasteiger partial charge in [0.15, 0.2) is 0 Å². The van der Waals surface area contributed by atoms with Gasteiger partial charge >= 0.3 is 0 Å². The third-order valence-corrected chi connectivity index (χ3v) is 3.89. The molecule has 0 radical (unpaired) electrons. The molecule has 19 heavy (non-hydrogen) atoms. The van der Waals surface area contributed by atoms with Crippen LogP contribution < -0.4 is 5.32 Å². The van der Waals surface area contributed by atoms with E-state index in [1.165, 1.54) is 0 Å². The van der Waals surface area contributed by atoms with Crippen molar-refractivity contribution in [3.05, 3.63) is 33.8 Å². The van der Waals surface area contributed by atoms with Crippen LogP contribution in [0.4, 0.5) is 0 Å². The molecule has 0 aliphatic carbocycles. The molecule has 0 aliphatic heterocycles. The van der Waals surface area contributed by atoms with Crippen LogP contribution in [0.25, 0.3) is 0 Å². The van der Waals surface area contributed by atoms with Crippen molar-refractivity contribution in [3.8, 4) is 0 Å². The molecule has 0 aliphatic rings. The van der Waals surface area contributed by atoms with Crippen molar-refractivity contribution in [2.45, 2.75) is 27.2 Å². The van der Waals surface area contributed by atoms with Crippen molar-refractivity contribution in [1.29, 1.82) is 0 Å². The van der Waals surface area contributed by atoms with Crippen LogP contribution in [-0.4, -0.2) is 37.0 Å². The fourth-order valence-corrected chi connectivity index (χ4v) is 2.38. The van der Waals surface area contributed by atoms with Crippen molar-refractivity contribution >= 4 is 21.8 Å². The van der Waals surface area contributed by atoms with Crippen LogP contribution in [-0.2, 0) is 0 Å². The quantitative estimate of drug-likeness (QED) is 0.780. The molecule has 1 aromatic carbocycles. The summed E-state index contributed by atoms with van der Waals surface area (Å²) in [7, 11) is 0. The van der Waals surface area contributed by atoms with Gasteiger partial charge < -0.3 is 10.2 Å². The largest absolute Gasteiger partial charge is 0.352 e. The number of halogens is 1. The zero-order valence-electron chi connectivity index (χ0n) is 12.0. The van der Waals surface area contributed by atoms with Gasteiger partial charge in [0.05, 0.1) is 5.56 Å². The second-order valence-corrected chi connectivity index (χ2v) is 5.47. The minimum Gasteiger partial charge on any atom is -0.352 e. The Hall–Kier alpha value is -0.870. The Balaban J connectivity index is 2.41. The maximum atomic E-state index is 12.0. The van der Waals surface area contributed by atoms with Gasteiger partial charge in [-0.05, 0) is 61.0 Å². The number of carbonyl (C=O) groups excluding carboxylic acids is 1. The molecule has 0 fully saturated rings. The van der Waals surface area contributed by atoms with Gasteiger partial charge in [0, 0.05) is 11.0 Å². The number of hydrogen-bond donors (Lipinski definition) is 1. The minimum absolute atomic E-state index is 0.00452. The number of carbonyl (C=O) groups is 1. The Morgan fingerprint density at radius 3 is 2.63 bits per heavy atom. The third kappa shape index (κ3) is 5.33. The van der Waals surface area contributed by atoms with Crippen LogP contribution in [0, 0.1) is 6.92 Å². The van der Waals surface area contributed by atoms with E-state index in [4.69, 9.17) is 0 Å². The van der Waals surface area contributed by atoms with E-state index in [1.54, 1.807) is 0 Å². The first-order valence-electron chi connectivity index (χ1n) is 6.85. The SMILES string of the molecule is CCN(CC)CCCNC(=O)c1cc(C)ccc1Br. The predicted molar refractivity (Wildman–Crippen MR) is 83.6 cm³/mol. The van der Waals surface area contributed by atoms with E-state index in [1.807, 2.05) is 25.1 Å². The highest BCUT2D eigenvalue weighted by Crippen LogP contribution is 2.17. The maximum Gasteiger partial charge on any atom is 0.252 e. The Morgan fingerprint density at radius 2 is 2.00 bits per heavy atom. The molecule has 0 heterocycles. The molecule has 4 heteroatoms. The highest BCUT2D eigenvalue weighted by molar-refractivity contribution is 9.10. The molecular weight excluding hydrogens is 304 g/mol. The van der Waals surface area contributed by atoms with E-state index < -0.39 is 0 Å². The molecular formula is C15H23BrN2O. The molecule has 0 spiro atoms. The maximum absolute atomic E-state index is 12.0. The Morgan fingerprint density at radius 1 is 1.32 bits per heavy atom. The first kappa shape index (κ1) is 16.2. The molecule has 0 saturated carbocycles. The van der Waals surface area contributed by atoms with Gasteiger partial charge in [0.2, 0.25) is 0 Å². The summed E-state index contributed by atoms with van der Waals surface area (Å²) in [5, 5.41) is 2.97. The number of nitrogens with zero attached hydrogens (tertiary/aromatic N) is 1. The van der Waals surface area contributed by atoms with Crippen molar-refractivity contribution < 1.29 is 4.79 Å². The number of benzene rings is 1. The van der Waals surface area contributed by atoms with Crippen LogP contribution in [0.3, 0.4) is 0 Å². The number of amides is 1. The van der Waals surface area contributed by atoms with Crippen LogP contribution in [0.2, 0.25) is 0 Å². The lowest BCUT2D eigenvalue weighted by Crippen LogP contribution is -2.30. The van der Waals surface area contributed by atoms with Gasteiger partial charge in [0.25, 0.3) is 5.91 Å². The lowest BCUT2D eigenvalue weighted by atomic mass is 10.1. The number of hydrogen-bond acceptors (Lipinski definition) is 2. The molecule has 0 saturated heterocycles. The van der Waals surface area contributed by atoms with E-state index in [0.29, 0.717) is 5.56 Å². The van der Waals surface area contributed by atoms with Gasteiger partial charge in [0.1, 0.15) is 0 Å². The summed E-state index contributed by atoms with van der Waals surface area (Å²) >= 11 is 3.42. The van der Waals surface area contributed by atoms with Gasteiger partial charge in [-0.25, -0.2) is 0 Å². The van der Waals surface area contributed by atoms with E-state index in [0.717, 1.165) is 42.6 Å². The van der Waals surface area contributed by atoms with Crippen molar-refractivity contribution in [1.82, 2.24) is 10.2 Å². The predicted octanol–water partition coefficient (Wildman–Crippen LogP) is 3.22. The number of nitrogens with one attached hydrogen (secondary N) is 1. The second kappa shape index (κ2) is 8.33. The normalized spacial score (nSPS) is 10.8. The second-order valence-electron chi connectivity index (χ2n) is 4.62. The lowest BCUT2D eigenvalue weighted by Gasteiger charge is -2.17. The summed E-state index contributed by atoms with van der Waals surface area (Å²) in [5.41, 5.74) is 1.80. The van der Waals surface area contributed by atoms with Crippen LogP contribution in [0.15, 0.2) is 22.7 Å². The zero-order valence-corrected chi connectivity index (χ0v) is 13.6. The lowest BCUT2D eigenvalue weighted by molar-refractivity contribution is 0.0951. The molecule has 1 aromatic rings. The van der Waals surface area contributed by atoms with Crippen LogP contribution >= 0.6 is 15.9 Å². The highest BCUT2D eigenvalue weighted by Gasteiger charge is 2.09. The Kier molecular flexibility index (Phi) is 7.10. The molecule has 0 unspecified atom stereocenters. The summed E-state index contributed by atoms with van der Waals surface area (Å²) in [6.07, 6.45) is 0.983. The van der Waals surface area contributed by atoms with E-state index >= 15 is 0 Å². The average Bonchev–Trinajstić information content (AvgIpc) is 2.41. The van der Waals surface area contributed by atoms with Crippen molar-refractivity contribution in [2.75, 3.05) is 26.2 Å². The summed E-state index contributed by atoms with van der Waals surface area (Å²) in [4.78, 5) is 14.4. The third-order valence-electron chi connectivity index (χ3n) is 3.20. The summed E-state index contributed by atoms with van der Waals surface area (Å²) < 4.78 is 0.847. The highest BCUT2D eigenvalue weighted by atomic mass is 79.9. The molecule has 106 valence electrons. The molecule has 3 nitrogen and oxygen atoms in total. The Labute approximate surface area is 124 Å². The first-order chi connectivity index (χ1) is 9.08. The molecule has 0 aromatic heterocycles. The smallest absolute Gasteiger partial charge is 0.252 e. The van der Waals surface area contributed by atoms with Gasteiger partial charge in [-0.3, -0.25) is 4.79 Å². The Bertz CT molecular complexity index is 417. The van der Waals surface area contributed by atoms with Gasteiger partial charge in [-0.2, -0.15) is 0 Å². The number of rotatable bonds is 7. The van der Waals surface area contributed by atoms with Crippen LogP contribution in [0.5, 0.6) is 0 Å². The standard InChI is InChI=1S/C15H23BrN2O/c1-4-18(5-2)10-6-9-17-15(19)13-11-12(3)7-8-14(13)16/h7-8,11H,4-6,9-10H2,1-3H3,(H,17,19). The van der Waals surface area contributed by atoms with E-state index in [9.17, 15) is 4.79 Å². The monoisotopic (exact) mass is 326 g/mol.